The Morgan fingerprint density at radius 2 is 2.12 bits per heavy atom. The van der Waals surface area contributed by atoms with Crippen molar-refractivity contribution in [1.82, 2.24) is 4.90 Å². The Bertz CT molecular complexity index is 375. The van der Waals surface area contributed by atoms with Gasteiger partial charge in [0.15, 0.2) is 0 Å². The van der Waals surface area contributed by atoms with Gasteiger partial charge in [-0.05, 0) is 49.4 Å². The maximum absolute atomic E-state index is 5.83. The molecule has 0 bridgehead atoms. The average molecular weight is 216 g/mol. The summed E-state index contributed by atoms with van der Waals surface area (Å²) >= 11 is 0. The first kappa shape index (κ1) is 10.3. The molecule has 0 amide bonds. The average Bonchev–Trinajstić information content (AvgIpc) is 2.38. The van der Waals surface area contributed by atoms with Crippen molar-refractivity contribution in [1.29, 1.82) is 0 Å². The van der Waals surface area contributed by atoms with Gasteiger partial charge in [-0.15, -0.1) is 0 Å². The molecule has 86 valence electrons. The van der Waals surface area contributed by atoms with E-state index in [9.17, 15) is 0 Å². The summed E-state index contributed by atoms with van der Waals surface area (Å²) in [6.07, 6.45) is 3.77. The summed E-state index contributed by atoms with van der Waals surface area (Å²) in [6, 6.07) is 9.59. The molecule has 2 unspecified atom stereocenters. The second kappa shape index (κ2) is 4.19. The van der Waals surface area contributed by atoms with Gasteiger partial charge in [-0.2, -0.15) is 0 Å². The fourth-order valence-corrected chi connectivity index (χ4v) is 3.24. The molecule has 2 aliphatic heterocycles. The second-order valence-corrected chi connectivity index (χ2v) is 5.13. The molecule has 3 rings (SSSR count). The summed E-state index contributed by atoms with van der Waals surface area (Å²) in [5.74, 6) is 0.729. The normalized spacial score (nSPS) is 29.6. The van der Waals surface area contributed by atoms with Gasteiger partial charge in [0.2, 0.25) is 0 Å². The zero-order chi connectivity index (χ0) is 11.0. The van der Waals surface area contributed by atoms with E-state index in [0.29, 0.717) is 6.04 Å². The quantitative estimate of drug-likeness (QED) is 0.777. The minimum absolute atomic E-state index is 0.646. The zero-order valence-corrected chi connectivity index (χ0v) is 9.73. The van der Waals surface area contributed by atoms with Crippen LogP contribution in [0.4, 0.5) is 0 Å². The third-order valence-electron chi connectivity index (χ3n) is 4.24. The molecule has 1 aromatic carbocycles. The molecule has 1 saturated heterocycles. The molecular formula is C14H20N2. The SMILES string of the molecule is NCC1CCN2CCc3ccccc3C2C1. The lowest BCUT2D eigenvalue weighted by Crippen LogP contribution is -2.42. The van der Waals surface area contributed by atoms with Gasteiger partial charge in [0.25, 0.3) is 0 Å². The number of nitrogens with zero attached hydrogens (tertiary/aromatic N) is 1. The first-order valence-electron chi connectivity index (χ1n) is 6.40. The molecule has 2 aliphatic rings. The summed E-state index contributed by atoms with van der Waals surface area (Å²) < 4.78 is 0. The molecule has 2 heterocycles. The van der Waals surface area contributed by atoms with Gasteiger partial charge in [-0.25, -0.2) is 0 Å². The van der Waals surface area contributed by atoms with E-state index in [2.05, 4.69) is 29.2 Å². The molecule has 2 N–H and O–H groups in total. The third kappa shape index (κ3) is 1.66. The van der Waals surface area contributed by atoms with Crippen molar-refractivity contribution in [2.24, 2.45) is 11.7 Å². The number of fused-ring (bicyclic) bond motifs is 3. The Hall–Kier alpha value is -0.860. The highest BCUT2D eigenvalue weighted by atomic mass is 15.2. The molecule has 2 atom stereocenters. The van der Waals surface area contributed by atoms with Gasteiger partial charge < -0.3 is 5.73 Å². The summed E-state index contributed by atoms with van der Waals surface area (Å²) in [4.78, 5) is 2.65. The molecule has 16 heavy (non-hydrogen) atoms. The predicted octanol–water partition coefficient (Wildman–Crippen LogP) is 1.95. The fourth-order valence-electron chi connectivity index (χ4n) is 3.24. The van der Waals surface area contributed by atoms with Crippen LogP contribution < -0.4 is 5.73 Å². The molecule has 1 aromatic rings. The van der Waals surface area contributed by atoms with Crippen molar-refractivity contribution in [2.45, 2.75) is 25.3 Å². The van der Waals surface area contributed by atoms with Crippen LogP contribution in [-0.4, -0.2) is 24.5 Å². The van der Waals surface area contributed by atoms with Crippen LogP contribution in [0.25, 0.3) is 0 Å². The Morgan fingerprint density at radius 3 is 3.00 bits per heavy atom. The van der Waals surface area contributed by atoms with Crippen LogP contribution >= 0.6 is 0 Å². The van der Waals surface area contributed by atoms with E-state index in [0.717, 1.165) is 12.5 Å². The zero-order valence-electron chi connectivity index (χ0n) is 9.73. The van der Waals surface area contributed by atoms with Crippen molar-refractivity contribution in [3.63, 3.8) is 0 Å². The minimum atomic E-state index is 0.646. The smallest absolute Gasteiger partial charge is 0.0354 e. The molecule has 0 aromatic heterocycles. The molecule has 2 heteroatoms. The topological polar surface area (TPSA) is 29.3 Å². The fraction of sp³-hybridized carbons (Fsp3) is 0.571. The van der Waals surface area contributed by atoms with Crippen molar-refractivity contribution in [3.8, 4) is 0 Å². The van der Waals surface area contributed by atoms with Crippen LogP contribution in [0.5, 0.6) is 0 Å². The van der Waals surface area contributed by atoms with E-state index in [-0.39, 0.29) is 0 Å². The van der Waals surface area contributed by atoms with Gasteiger partial charge >= 0.3 is 0 Å². The monoisotopic (exact) mass is 216 g/mol. The predicted molar refractivity (Wildman–Crippen MR) is 66.2 cm³/mol. The molecule has 0 aliphatic carbocycles. The van der Waals surface area contributed by atoms with Crippen LogP contribution in [-0.2, 0) is 6.42 Å². The number of hydrogen-bond donors (Lipinski definition) is 1. The van der Waals surface area contributed by atoms with Crippen molar-refractivity contribution in [2.75, 3.05) is 19.6 Å². The van der Waals surface area contributed by atoms with Gasteiger partial charge in [-0.1, -0.05) is 24.3 Å². The van der Waals surface area contributed by atoms with Crippen LogP contribution in [0, 0.1) is 5.92 Å². The van der Waals surface area contributed by atoms with Crippen molar-refractivity contribution >= 4 is 0 Å². The van der Waals surface area contributed by atoms with E-state index in [4.69, 9.17) is 5.73 Å². The first-order valence-corrected chi connectivity index (χ1v) is 6.40. The van der Waals surface area contributed by atoms with Crippen molar-refractivity contribution in [3.05, 3.63) is 35.4 Å². The Balaban J connectivity index is 1.90. The van der Waals surface area contributed by atoms with Crippen LogP contribution in [0.1, 0.15) is 30.0 Å². The van der Waals surface area contributed by atoms with E-state index in [1.807, 2.05) is 0 Å². The maximum atomic E-state index is 5.83. The van der Waals surface area contributed by atoms with Crippen LogP contribution in [0.2, 0.25) is 0 Å². The molecule has 0 radical (unpaired) electrons. The molecular weight excluding hydrogens is 196 g/mol. The van der Waals surface area contributed by atoms with Crippen molar-refractivity contribution < 1.29 is 0 Å². The lowest BCUT2D eigenvalue weighted by molar-refractivity contribution is 0.106. The highest BCUT2D eigenvalue weighted by molar-refractivity contribution is 5.32. The standard InChI is InChI=1S/C14H20N2/c15-10-11-5-7-16-8-6-12-3-1-2-4-13(12)14(16)9-11/h1-4,11,14H,5-10,15H2. The lowest BCUT2D eigenvalue weighted by atomic mass is 9.82. The minimum Gasteiger partial charge on any atom is -0.330 e. The maximum Gasteiger partial charge on any atom is 0.0354 e. The largest absolute Gasteiger partial charge is 0.330 e. The van der Waals surface area contributed by atoms with Crippen LogP contribution in [0.3, 0.4) is 0 Å². The van der Waals surface area contributed by atoms with Gasteiger partial charge in [0.05, 0.1) is 0 Å². The first-order chi connectivity index (χ1) is 7.88. The summed E-state index contributed by atoms with van der Waals surface area (Å²) in [6.45, 7) is 3.33. The van der Waals surface area contributed by atoms with E-state index in [1.165, 1.54) is 32.4 Å². The van der Waals surface area contributed by atoms with E-state index < -0.39 is 0 Å². The molecule has 2 nitrogen and oxygen atoms in total. The molecule has 0 saturated carbocycles. The number of benzene rings is 1. The highest BCUT2D eigenvalue weighted by Gasteiger charge is 2.32. The highest BCUT2D eigenvalue weighted by Crippen LogP contribution is 2.38. The summed E-state index contributed by atoms with van der Waals surface area (Å²) in [5, 5.41) is 0. The van der Waals surface area contributed by atoms with Gasteiger partial charge in [0.1, 0.15) is 0 Å². The molecule has 0 spiro atoms. The Labute approximate surface area is 97.4 Å². The summed E-state index contributed by atoms with van der Waals surface area (Å²) in [5.41, 5.74) is 8.95. The number of nitrogens with two attached hydrogens (primary N) is 1. The Morgan fingerprint density at radius 1 is 1.25 bits per heavy atom. The second-order valence-electron chi connectivity index (χ2n) is 5.13. The van der Waals surface area contributed by atoms with E-state index >= 15 is 0 Å². The third-order valence-corrected chi connectivity index (χ3v) is 4.24. The van der Waals surface area contributed by atoms with E-state index in [1.54, 1.807) is 11.1 Å². The number of piperidine rings is 1. The Kier molecular flexibility index (Phi) is 2.70. The van der Waals surface area contributed by atoms with Crippen LogP contribution in [0.15, 0.2) is 24.3 Å². The number of rotatable bonds is 1. The molecule has 1 fully saturated rings. The lowest BCUT2D eigenvalue weighted by Gasteiger charge is -2.43. The number of hydrogen-bond acceptors (Lipinski definition) is 2. The van der Waals surface area contributed by atoms with Gasteiger partial charge in [0, 0.05) is 12.6 Å². The summed E-state index contributed by atoms with van der Waals surface area (Å²) in [7, 11) is 0. The van der Waals surface area contributed by atoms with Gasteiger partial charge in [-0.3, -0.25) is 4.90 Å².